The molecule has 2 saturated heterocycles. The molecule has 4 rings (SSSR count). The first-order valence-electron chi connectivity index (χ1n) is 11.2. The lowest BCUT2D eigenvalue weighted by molar-refractivity contribution is -0.137. The molecule has 3 heterocycles. The van der Waals surface area contributed by atoms with Crippen LogP contribution in [-0.4, -0.2) is 77.9 Å². The SMILES string of the molecule is COC[C@]1(CC(C)C(=O)N2CCN(c3cc(F)cc(-c4cn[nH]c4)c3)[C@@H](C)C2)NC(=O)NC1=O. The van der Waals surface area contributed by atoms with Gasteiger partial charge >= 0.3 is 6.03 Å². The molecule has 2 aromatic rings. The van der Waals surface area contributed by atoms with Gasteiger partial charge in [-0.3, -0.25) is 20.0 Å². The summed E-state index contributed by atoms with van der Waals surface area (Å²) in [5, 5.41) is 11.5. The van der Waals surface area contributed by atoms with Crippen LogP contribution in [0.25, 0.3) is 11.1 Å². The lowest BCUT2D eigenvalue weighted by Gasteiger charge is -2.42. The summed E-state index contributed by atoms with van der Waals surface area (Å²) in [5.74, 6) is -1.45. The molecule has 182 valence electrons. The van der Waals surface area contributed by atoms with Crippen molar-refractivity contribution in [3.63, 3.8) is 0 Å². The van der Waals surface area contributed by atoms with Gasteiger partial charge in [0.05, 0.1) is 12.8 Å². The van der Waals surface area contributed by atoms with Crippen molar-refractivity contribution in [2.24, 2.45) is 5.92 Å². The van der Waals surface area contributed by atoms with Gasteiger partial charge in [0.15, 0.2) is 0 Å². The number of imide groups is 1. The number of carbonyl (C=O) groups is 3. The lowest BCUT2D eigenvalue weighted by atomic mass is 9.87. The Kier molecular flexibility index (Phi) is 6.56. The maximum atomic E-state index is 14.4. The van der Waals surface area contributed by atoms with Crippen molar-refractivity contribution in [2.75, 3.05) is 38.3 Å². The molecule has 11 heteroatoms. The second-order valence-corrected chi connectivity index (χ2v) is 9.04. The van der Waals surface area contributed by atoms with Crippen LogP contribution in [0.1, 0.15) is 20.3 Å². The van der Waals surface area contributed by atoms with Crippen LogP contribution in [0.15, 0.2) is 30.6 Å². The van der Waals surface area contributed by atoms with Gasteiger partial charge in [-0.2, -0.15) is 5.10 Å². The molecule has 3 N–H and O–H groups in total. The number of amides is 4. The van der Waals surface area contributed by atoms with Crippen LogP contribution in [0.3, 0.4) is 0 Å². The molecule has 1 unspecified atom stereocenters. The molecule has 0 aliphatic carbocycles. The van der Waals surface area contributed by atoms with E-state index in [-0.39, 0.29) is 30.8 Å². The van der Waals surface area contributed by atoms with Crippen LogP contribution < -0.4 is 15.5 Å². The van der Waals surface area contributed by atoms with Gasteiger partial charge in [0.1, 0.15) is 11.4 Å². The minimum absolute atomic E-state index is 0.0229. The third-order valence-electron chi connectivity index (χ3n) is 6.47. The molecule has 0 spiro atoms. The van der Waals surface area contributed by atoms with Gasteiger partial charge < -0.3 is 19.9 Å². The first-order chi connectivity index (χ1) is 16.2. The van der Waals surface area contributed by atoms with Crippen molar-refractivity contribution in [3.05, 3.63) is 36.4 Å². The highest BCUT2D eigenvalue weighted by molar-refractivity contribution is 6.07. The number of hydrogen-bond donors (Lipinski definition) is 3. The molecule has 10 nitrogen and oxygen atoms in total. The zero-order valence-corrected chi connectivity index (χ0v) is 19.4. The molecule has 0 saturated carbocycles. The molecule has 3 atom stereocenters. The molecule has 0 radical (unpaired) electrons. The normalized spacial score (nSPS) is 23.6. The maximum Gasteiger partial charge on any atom is 0.322 e. The average Bonchev–Trinajstić information content (AvgIpc) is 3.41. The van der Waals surface area contributed by atoms with E-state index in [2.05, 4.69) is 25.7 Å². The fraction of sp³-hybridized carbons (Fsp3) is 0.478. The first kappa shape index (κ1) is 23.7. The van der Waals surface area contributed by atoms with Gasteiger partial charge in [0, 0.05) is 56.2 Å². The standard InChI is InChI=1S/C23H29FN6O4/c1-14(9-23(13-34-3)21(32)27-22(33)28-23)20(31)29-4-5-30(15(2)12-29)19-7-16(6-18(24)8-19)17-10-25-26-11-17/h6-8,10-11,14-15H,4-5,9,12-13H2,1-3H3,(H,25,26)(H2,27,28,32,33)/t14?,15-,23-/m0/s1. The summed E-state index contributed by atoms with van der Waals surface area (Å²) in [6, 6.07) is 4.24. The number of carbonyl (C=O) groups excluding carboxylic acids is 3. The van der Waals surface area contributed by atoms with Crippen molar-refractivity contribution < 1.29 is 23.5 Å². The summed E-state index contributed by atoms with van der Waals surface area (Å²) >= 11 is 0. The minimum atomic E-state index is -1.26. The molecule has 2 fully saturated rings. The number of benzene rings is 1. The second kappa shape index (κ2) is 9.41. The number of nitrogens with zero attached hydrogens (tertiary/aromatic N) is 3. The summed E-state index contributed by atoms with van der Waals surface area (Å²) in [6.45, 7) is 5.17. The molecule has 34 heavy (non-hydrogen) atoms. The van der Waals surface area contributed by atoms with Gasteiger partial charge in [-0.05, 0) is 37.1 Å². The number of piperazine rings is 1. The quantitative estimate of drug-likeness (QED) is 0.526. The van der Waals surface area contributed by atoms with E-state index < -0.39 is 23.4 Å². The summed E-state index contributed by atoms with van der Waals surface area (Å²) in [5.41, 5.74) is 1.00. The van der Waals surface area contributed by atoms with E-state index in [4.69, 9.17) is 4.74 Å². The largest absolute Gasteiger partial charge is 0.382 e. The van der Waals surface area contributed by atoms with E-state index in [1.165, 1.54) is 19.2 Å². The predicted octanol–water partition coefficient (Wildman–Crippen LogP) is 1.50. The van der Waals surface area contributed by atoms with E-state index in [0.717, 1.165) is 16.8 Å². The zero-order chi connectivity index (χ0) is 24.5. The Balaban J connectivity index is 1.44. The summed E-state index contributed by atoms with van der Waals surface area (Å²) < 4.78 is 19.5. The smallest absolute Gasteiger partial charge is 0.322 e. The molecule has 2 aliphatic heterocycles. The minimum Gasteiger partial charge on any atom is -0.382 e. The zero-order valence-electron chi connectivity index (χ0n) is 19.4. The number of nitrogens with one attached hydrogen (secondary N) is 3. The number of methoxy groups -OCH3 is 1. The van der Waals surface area contributed by atoms with Gasteiger partial charge in [0.2, 0.25) is 5.91 Å². The van der Waals surface area contributed by atoms with Crippen LogP contribution in [0.2, 0.25) is 0 Å². The van der Waals surface area contributed by atoms with Gasteiger partial charge in [0.25, 0.3) is 5.91 Å². The first-order valence-corrected chi connectivity index (χ1v) is 11.2. The molecule has 4 amide bonds. The third-order valence-corrected chi connectivity index (χ3v) is 6.47. The van der Waals surface area contributed by atoms with Crippen molar-refractivity contribution in [1.82, 2.24) is 25.7 Å². The number of rotatable bonds is 7. The number of halogens is 1. The lowest BCUT2D eigenvalue weighted by Crippen LogP contribution is -2.57. The fourth-order valence-electron chi connectivity index (χ4n) is 4.86. The number of anilines is 1. The van der Waals surface area contributed by atoms with E-state index >= 15 is 0 Å². The molecule has 1 aromatic carbocycles. The summed E-state index contributed by atoms with van der Waals surface area (Å²) in [6.07, 6.45) is 3.48. The van der Waals surface area contributed by atoms with Crippen LogP contribution in [-0.2, 0) is 14.3 Å². The van der Waals surface area contributed by atoms with Crippen molar-refractivity contribution in [1.29, 1.82) is 0 Å². The van der Waals surface area contributed by atoms with E-state index in [1.54, 1.807) is 24.2 Å². The Hall–Kier alpha value is -3.47. The van der Waals surface area contributed by atoms with E-state index in [1.807, 2.05) is 13.0 Å². The molecular weight excluding hydrogens is 443 g/mol. The number of H-pyrrole nitrogens is 1. The second-order valence-electron chi connectivity index (χ2n) is 9.04. The van der Waals surface area contributed by atoms with Gasteiger partial charge in [-0.1, -0.05) is 6.92 Å². The van der Waals surface area contributed by atoms with Gasteiger partial charge in [-0.25, -0.2) is 9.18 Å². The summed E-state index contributed by atoms with van der Waals surface area (Å²) in [7, 11) is 1.44. The Morgan fingerprint density at radius 1 is 1.29 bits per heavy atom. The highest BCUT2D eigenvalue weighted by Gasteiger charge is 2.48. The topological polar surface area (TPSA) is 120 Å². The fourth-order valence-corrected chi connectivity index (χ4v) is 4.86. The Morgan fingerprint density at radius 2 is 2.09 bits per heavy atom. The Bertz CT molecular complexity index is 1080. The highest BCUT2D eigenvalue weighted by Crippen LogP contribution is 2.29. The van der Waals surface area contributed by atoms with Crippen LogP contribution in [0.5, 0.6) is 0 Å². The summed E-state index contributed by atoms with van der Waals surface area (Å²) in [4.78, 5) is 41.2. The van der Waals surface area contributed by atoms with Crippen LogP contribution in [0.4, 0.5) is 14.9 Å². The molecular formula is C23H29FN6O4. The molecule has 0 bridgehead atoms. The third kappa shape index (κ3) is 4.60. The number of urea groups is 1. The monoisotopic (exact) mass is 472 g/mol. The van der Waals surface area contributed by atoms with Crippen molar-refractivity contribution in [2.45, 2.75) is 31.8 Å². The van der Waals surface area contributed by atoms with E-state index in [9.17, 15) is 18.8 Å². The maximum absolute atomic E-state index is 14.4. The number of aromatic amines is 1. The van der Waals surface area contributed by atoms with Crippen LogP contribution in [0, 0.1) is 11.7 Å². The Labute approximate surface area is 196 Å². The highest BCUT2D eigenvalue weighted by atomic mass is 19.1. The molecule has 2 aliphatic rings. The number of aromatic nitrogens is 2. The van der Waals surface area contributed by atoms with Gasteiger partial charge in [-0.15, -0.1) is 0 Å². The Morgan fingerprint density at radius 3 is 2.71 bits per heavy atom. The molecule has 1 aromatic heterocycles. The average molecular weight is 473 g/mol. The van der Waals surface area contributed by atoms with E-state index in [0.29, 0.717) is 19.6 Å². The number of ether oxygens (including phenoxy) is 1. The van der Waals surface area contributed by atoms with Crippen molar-refractivity contribution in [3.8, 4) is 11.1 Å². The van der Waals surface area contributed by atoms with Crippen molar-refractivity contribution >= 4 is 23.5 Å². The predicted molar refractivity (Wildman–Crippen MR) is 122 cm³/mol. The van der Waals surface area contributed by atoms with Crippen LogP contribution >= 0.6 is 0 Å². The number of hydrogen-bond acceptors (Lipinski definition) is 6.